The molecule has 0 fully saturated rings. The number of hydrogen-bond acceptors (Lipinski definition) is 5. The Hall–Kier alpha value is -2.45. The normalized spacial score (nSPS) is 21.0. The molecular formula is C17H13BrFN3O3. The molecule has 6 nitrogen and oxygen atoms in total. The fourth-order valence-electron chi connectivity index (χ4n) is 3.23. The first kappa shape index (κ1) is 16.0. The highest BCUT2D eigenvalue weighted by atomic mass is 79.9. The third-order valence-electron chi connectivity index (χ3n) is 4.47. The number of carbonyl (C=O) groups excluding carboxylic acids is 1. The topological polar surface area (TPSA) is 88.2 Å². The van der Waals surface area contributed by atoms with Gasteiger partial charge in [-0.2, -0.15) is 0 Å². The van der Waals surface area contributed by atoms with E-state index >= 15 is 0 Å². The third kappa shape index (κ3) is 2.04. The smallest absolute Gasteiger partial charge is 0.266 e. The van der Waals surface area contributed by atoms with Crippen LogP contribution in [0.15, 0.2) is 39.8 Å². The molecule has 2 heterocycles. The van der Waals surface area contributed by atoms with Gasteiger partial charge in [-0.05, 0) is 29.8 Å². The van der Waals surface area contributed by atoms with Crippen molar-refractivity contribution in [2.24, 2.45) is 10.7 Å². The zero-order valence-corrected chi connectivity index (χ0v) is 14.7. The highest BCUT2D eigenvalue weighted by Gasteiger charge is 2.55. The van der Waals surface area contributed by atoms with Crippen LogP contribution in [0.2, 0.25) is 0 Å². The van der Waals surface area contributed by atoms with Crippen molar-refractivity contribution < 1.29 is 19.0 Å². The second kappa shape index (κ2) is 5.27. The maximum atomic E-state index is 14.5. The van der Waals surface area contributed by atoms with Gasteiger partial charge in [-0.1, -0.05) is 22.0 Å². The average Bonchev–Trinajstić information content (AvgIpc) is 2.81. The summed E-state index contributed by atoms with van der Waals surface area (Å²) in [6, 6.07) is 7.72. The van der Waals surface area contributed by atoms with E-state index < -0.39 is 17.3 Å². The molecule has 1 unspecified atom stereocenters. The number of nitrogens with two attached hydrogens (primary N) is 1. The highest BCUT2D eigenvalue weighted by Crippen LogP contribution is 2.53. The van der Waals surface area contributed by atoms with Crippen LogP contribution >= 0.6 is 15.9 Å². The van der Waals surface area contributed by atoms with Gasteiger partial charge >= 0.3 is 0 Å². The Labute approximate surface area is 150 Å². The van der Waals surface area contributed by atoms with Crippen molar-refractivity contribution in [2.45, 2.75) is 12.1 Å². The molecule has 0 radical (unpaired) electrons. The number of benzene rings is 2. The van der Waals surface area contributed by atoms with Gasteiger partial charge in [-0.3, -0.25) is 9.69 Å². The van der Waals surface area contributed by atoms with Crippen molar-refractivity contribution in [1.29, 1.82) is 0 Å². The van der Waals surface area contributed by atoms with Gasteiger partial charge in [0, 0.05) is 22.6 Å². The molecule has 1 spiro atoms. The van der Waals surface area contributed by atoms with Crippen LogP contribution in [0.25, 0.3) is 0 Å². The van der Waals surface area contributed by atoms with Gasteiger partial charge in [-0.25, -0.2) is 9.38 Å². The van der Waals surface area contributed by atoms with Crippen molar-refractivity contribution in [3.63, 3.8) is 0 Å². The minimum Gasteiger partial charge on any atom is -0.453 e. The molecular weight excluding hydrogens is 393 g/mol. The monoisotopic (exact) mass is 405 g/mol. The first-order chi connectivity index (χ1) is 11.9. The lowest BCUT2D eigenvalue weighted by Gasteiger charge is -2.34. The van der Waals surface area contributed by atoms with Gasteiger partial charge in [0.15, 0.2) is 17.5 Å². The fraction of sp³-hybridized carbons (Fsp3) is 0.176. The van der Waals surface area contributed by atoms with Gasteiger partial charge in [-0.15, -0.1) is 0 Å². The molecule has 0 saturated heterocycles. The largest absolute Gasteiger partial charge is 0.453 e. The molecule has 0 bridgehead atoms. The van der Waals surface area contributed by atoms with E-state index in [0.29, 0.717) is 21.3 Å². The molecule has 1 amide bonds. The second-order valence-electron chi connectivity index (χ2n) is 5.90. The van der Waals surface area contributed by atoms with Gasteiger partial charge < -0.3 is 15.6 Å². The van der Waals surface area contributed by atoms with Crippen LogP contribution in [0.3, 0.4) is 0 Å². The van der Waals surface area contributed by atoms with Gasteiger partial charge in [0.2, 0.25) is 5.54 Å². The lowest BCUT2D eigenvalue weighted by molar-refractivity contribution is -0.129. The third-order valence-corrected chi connectivity index (χ3v) is 4.92. The summed E-state index contributed by atoms with van der Waals surface area (Å²) in [6.07, 6.45) is 0. The predicted octanol–water partition coefficient (Wildman–Crippen LogP) is 2.22. The number of aliphatic hydroxyl groups is 1. The molecule has 8 heteroatoms. The summed E-state index contributed by atoms with van der Waals surface area (Å²) >= 11 is 3.25. The molecule has 1 atom stereocenters. The first-order valence-corrected chi connectivity index (χ1v) is 8.23. The summed E-state index contributed by atoms with van der Waals surface area (Å²) in [6.45, 7) is -0.216. The number of aliphatic imine (C=N–C) groups is 1. The minimum absolute atomic E-state index is 0.0265. The van der Waals surface area contributed by atoms with Crippen molar-refractivity contribution >= 4 is 27.8 Å². The summed E-state index contributed by atoms with van der Waals surface area (Å²) < 4.78 is 20.7. The number of aliphatic hydroxyl groups excluding tert-OH is 1. The van der Waals surface area contributed by atoms with Crippen LogP contribution in [-0.2, 0) is 16.9 Å². The summed E-state index contributed by atoms with van der Waals surface area (Å²) in [5.74, 6) is -0.766. The lowest BCUT2D eigenvalue weighted by Crippen LogP contribution is -2.42. The number of guanidine groups is 1. The molecule has 3 N–H and O–H groups in total. The molecule has 4 rings (SSSR count). The number of hydrogen-bond donors (Lipinski definition) is 2. The van der Waals surface area contributed by atoms with Crippen LogP contribution in [0, 0.1) is 5.82 Å². The standard InChI is InChI=1S/C17H13BrFN3O3/c1-22-15(24)17(21-16(22)20)10-4-8(7-23)2-3-13(10)25-14-11(17)5-9(18)6-12(14)19/h2-6,23H,7H2,1H3,(H2,20,21). The lowest BCUT2D eigenvalue weighted by atomic mass is 9.79. The van der Waals surface area contributed by atoms with Crippen molar-refractivity contribution in [1.82, 2.24) is 4.90 Å². The fourth-order valence-corrected chi connectivity index (χ4v) is 3.66. The zero-order valence-electron chi connectivity index (χ0n) is 13.1. The summed E-state index contributed by atoms with van der Waals surface area (Å²) in [7, 11) is 1.51. The van der Waals surface area contributed by atoms with Crippen LogP contribution in [-0.4, -0.2) is 28.9 Å². The van der Waals surface area contributed by atoms with E-state index in [9.17, 15) is 14.3 Å². The number of amides is 1. The van der Waals surface area contributed by atoms with E-state index in [-0.39, 0.29) is 23.9 Å². The van der Waals surface area contributed by atoms with Crippen LogP contribution < -0.4 is 10.5 Å². The molecule has 25 heavy (non-hydrogen) atoms. The Morgan fingerprint density at radius 2 is 2.12 bits per heavy atom. The number of ether oxygens (including phenoxy) is 1. The summed E-state index contributed by atoms with van der Waals surface area (Å²) in [5.41, 5.74) is 5.61. The SMILES string of the molecule is CN1C(=O)C2(N=C1N)c1cc(CO)ccc1Oc1c(F)cc(Br)cc12. The minimum atomic E-state index is -1.54. The molecule has 0 saturated carbocycles. The summed E-state index contributed by atoms with van der Waals surface area (Å²) in [5, 5.41) is 9.46. The second-order valence-corrected chi connectivity index (χ2v) is 6.82. The molecule has 0 aromatic heterocycles. The number of fused-ring (bicyclic) bond motifs is 4. The van der Waals surface area contributed by atoms with Crippen molar-refractivity contribution in [3.8, 4) is 11.5 Å². The Morgan fingerprint density at radius 3 is 2.76 bits per heavy atom. The Morgan fingerprint density at radius 1 is 1.36 bits per heavy atom. The molecule has 2 aliphatic rings. The van der Waals surface area contributed by atoms with Gasteiger partial charge in [0.25, 0.3) is 5.91 Å². The quantitative estimate of drug-likeness (QED) is 0.761. The molecule has 128 valence electrons. The number of nitrogens with zero attached hydrogens (tertiary/aromatic N) is 2. The highest BCUT2D eigenvalue weighted by molar-refractivity contribution is 9.10. The Kier molecular flexibility index (Phi) is 3.38. The van der Waals surface area contributed by atoms with Gasteiger partial charge in [0.1, 0.15) is 5.75 Å². The van der Waals surface area contributed by atoms with E-state index in [1.807, 2.05) is 0 Å². The molecule has 0 aliphatic carbocycles. The maximum absolute atomic E-state index is 14.5. The predicted molar refractivity (Wildman–Crippen MR) is 91.7 cm³/mol. The molecule has 2 aliphatic heterocycles. The number of rotatable bonds is 1. The maximum Gasteiger partial charge on any atom is 0.266 e. The Balaban J connectivity index is 2.11. The van der Waals surface area contributed by atoms with E-state index in [0.717, 1.165) is 0 Å². The van der Waals surface area contributed by atoms with E-state index in [1.165, 1.54) is 18.0 Å². The van der Waals surface area contributed by atoms with Crippen molar-refractivity contribution in [3.05, 3.63) is 57.3 Å². The first-order valence-electron chi connectivity index (χ1n) is 7.43. The van der Waals surface area contributed by atoms with Crippen molar-refractivity contribution in [2.75, 3.05) is 7.05 Å². The summed E-state index contributed by atoms with van der Waals surface area (Å²) in [4.78, 5) is 18.7. The van der Waals surface area contributed by atoms with E-state index in [2.05, 4.69) is 20.9 Å². The number of halogens is 2. The Bertz CT molecular complexity index is 962. The zero-order chi connectivity index (χ0) is 17.9. The van der Waals surface area contributed by atoms with Crippen LogP contribution in [0.1, 0.15) is 16.7 Å². The van der Waals surface area contributed by atoms with Crippen LogP contribution in [0.5, 0.6) is 11.5 Å². The van der Waals surface area contributed by atoms with E-state index in [4.69, 9.17) is 10.5 Å². The number of likely N-dealkylation sites (N-methyl/N-ethyl adjacent to an activating group) is 1. The van der Waals surface area contributed by atoms with E-state index in [1.54, 1.807) is 24.3 Å². The molecule has 2 aromatic rings. The number of carbonyl (C=O) groups is 1. The van der Waals surface area contributed by atoms with Crippen LogP contribution in [0.4, 0.5) is 4.39 Å². The van der Waals surface area contributed by atoms with Gasteiger partial charge in [0.05, 0.1) is 6.61 Å². The molecule has 2 aromatic carbocycles. The average molecular weight is 406 g/mol.